The number of rotatable bonds is 1. The van der Waals surface area contributed by atoms with E-state index in [0.717, 1.165) is 25.5 Å². The van der Waals surface area contributed by atoms with Crippen molar-refractivity contribution in [2.45, 2.75) is 10.8 Å². The number of thiophene rings is 1. The van der Waals surface area contributed by atoms with Gasteiger partial charge in [0, 0.05) is 20.8 Å². The number of anilines is 1. The summed E-state index contributed by atoms with van der Waals surface area (Å²) >= 11 is 11.8. The molecule has 1 aromatic carbocycles. The molecule has 0 saturated carbocycles. The Morgan fingerprint density at radius 1 is 1.46 bits per heavy atom. The molecule has 1 nitrogen and oxygen atoms in total. The fourth-order valence-electron chi connectivity index (χ4n) is 1.27. The molecule has 0 aliphatic carbocycles. The summed E-state index contributed by atoms with van der Waals surface area (Å²) in [7, 11) is 0. The molecule has 0 aliphatic heterocycles. The number of benzene rings is 1. The maximum Gasteiger partial charge on any atom is 0.0587 e. The molecule has 13 heavy (non-hydrogen) atoms. The van der Waals surface area contributed by atoms with Gasteiger partial charge in [0.2, 0.25) is 0 Å². The second-order valence-electron chi connectivity index (χ2n) is 2.73. The van der Waals surface area contributed by atoms with Crippen LogP contribution in [-0.2, 0) is 5.88 Å². The van der Waals surface area contributed by atoms with E-state index < -0.39 is 0 Å². The summed E-state index contributed by atoms with van der Waals surface area (Å²) in [6.07, 6.45) is 0. The highest BCUT2D eigenvalue weighted by Gasteiger charge is 2.09. The number of hydrogen-bond donors (Lipinski definition) is 2. The van der Waals surface area contributed by atoms with Crippen LogP contribution in [0, 0.1) is 0 Å². The predicted octanol–water partition coefficient (Wildman–Crippen LogP) is 3.51. The zero-order chi connectivity index (χ0) is 9.42. The standard InChI is InChI=1S/C9H8ClNS2/c10-4-7-8(12)5-2-1-3-6(11)9(5)13-7/h1-3,12H,4,11H2. The summed E-state index contributed by atoms with van der Waals surface area (Å²) in [5, 5.41) is 1.10. The first-order chi connectivity index (χ1) is 6.24. The Morgan fingerprint density at radius 2 is 2.23 bits per heavy atom. The zero-order valence-electron chi connectivity index (χ0n) is 6.75. The number of thiol groups is 1. The van der Waals surface area contributed by atoms with Crippen LogP contribution in [0.4, 0.5) is 5.69 Å². The minimum absolute atomic E-state index is 0.498. The van der Waals surface area contributed by atoms with Gasteiger partial charge in [0.25, 0.3) is 0 Å². The van der Waals surface area contributed by atoms with Crippen molar-refractivity contribution >= 4 is 51.3 Å². The van der Waals surface area contributed by atoms with Crippen LogP contribution >= 0.6 is 35.6 Å². The number of fused-ring (bicyclic) bond motifs is 1. The van der Waals surface area contributed by atoms with Crippen LogP contribution in [0.5, 0.6) is 0 Å². The lowest BCUT2D eigenvalue weighted by molar-refractivity contribution is 1.41. The van der Waals surface area contributed by atoms with Crippen molar-refractivity contribution in [1.29, 1.82) is 0 Å². The van der Waals surface area contributed by atoms with Gasteiger partial charge in [0.1, 0.15) is 0 Å². The van der Waals surface area contributed by atoms with Gasteiger partial charge in [-0.1, -0.05) is 12.1 Å². The molecular weight excluding hydrogens is 222 g/mol. The van der Waals surface area contributed by atoms with Gasteiger partial charge >= 0.3 is 0 Å². The number of halogens is 1. The van der Waals surface area contributed by atoms with Crippen molar-refractivity contribution in [1.82, 2.24) is 0 Å². The number of nitrogens with two attached hydrogens (primary N) is 1. The Kier molecular flexibility index (Phi) is 2.41. The topological polar surface area (TPSA) is 26.0 Å². The van der Waals surface area contributed by atoms with E-state index >= 15 is 0 Å². The highest BCUT2D eigenvalue weighted by atomic mass is 35.5. The zero-order valence-corrected chi connectivity index (χ0v) is 9.22. The van der Waals surface area contributed by atoms with Gasteiger partial charge in [-0.15, -0.1) is 35.6 Å². The van der Waals surface area contributed by atoms with Gasteiger partial charge in [-0.05, 0) is 6.07 Å². The van der Waals surface area contributed by atoms with Crippen LogP contribution < -0.4 is 5.73 Å². The minimum atomic E-state index is 0.498. The van der Waals surface area contributed by atoms with Crippen LogP contribution in [0.1, 0.15) is 4.88 Å². The van der Waals surface area contributed by atoms with Crippen molar-refractivity contribution in [3.63, 3.8) is 0 Å². The van der Waals surface area contributed by atoms with Gasteiger partial charge < -0.3 is 5.73 Å². The Morgan fingerprint density at radius 3 is 2.85 bits per heavy atom. The van der Waals surface area contributed by atoms with E-state index in [9.17, 15) is 0 Å². The molecule has 0 amide bonds. The van der Waals surface area contributed by atoms with Crippen molar-refractivity contribution in [3.05, 3.63) is 23.1 Å². The molecular formula is C9H8ClNS2. The van der Waals surface area contributed by atoms with E-state index in [1.54, 1.807) is 11.3 Å². The minimum Gasteiger partial charge on any atom is -0.398 e. The summed E-state index contributed by atoms with van der Waals surface area (Å²) in [5.74, 6) is 0.498. The number of hydrogen-bond acceptors (Lipinski definition) is 3. The lowest BCUT2D eigenvalue weighted by Gasteiger charge is -1.93. The van der Waals surface area contributed by atoms with Crippen molar-refractivity contribution in [2.24, 2.45) is 0 Å². The molecule has 2 aromatic rings. The molecule has 0 saturated heterocycles. The normalized spacial score (nSPS) is 10.9. The maximum atomic E-state index is 5.83. The summed E-state index contributed by atoms with van der Waals surface area (Å²) < 4.78 is 1.09. The third-order valence-electron chi connectivity index (χ3n) is 1.91. The monoisotopic (exact) mass is 229 g/mol. The van der Waals surface area contributed by atoms with Crippen LogP contribution in [0.25, 0.3) is 10.1 Å². The molecule has 2 N–H and O–H groups in total. The van der Waals surface area contributed by atoms with Crippen molar-refractivity contribution in [2.75, 3.05) is 5.73 Å². The van der Waals surface area contributed by atoms with Crippen LogP contribution in [0.2, 0.25) is 0 Å². The fraction of sp³-hybridized carbons (Fsp3) is 0.111. The van der Waals surface area contributed by atoms with Gasteiger partial charge in [0.15, 0.2) is 0 Å². The summed E-state index contributed by atoms with van der Waals surface area (Å²) in [6, 6.07) is 5.84. The fourth-order valence-corrected chi connectivity index (χ4v) is 3.11. The molecule has 0 aliphatic rings. The first-order valence-electron chi connectivity index (χ1n) is 3.79. The average Bonchev–Trinajstić information content (AvgIpc) is 2.45. The van der Waals surface area contributed by atoms with Crippen molar-refractivity contribution < 1.29 is 0 Å². The first kappa shape index (κ1) is 9.19. The van der Waals surface area contributed by atoms with E-state index in [0.29, 0.717) is 5.88 Å². The Bertz CT molecular complexity index is 450. The van der Waals surface area contributed by atoms with Gasteiger partial charge in [-0.2, -0.15) is 0 Å². The molecule has 1 aromatic heterocycles. The van der Waals surface area contributed by atoms with E-state index in [4.69, 9.17) is 17.3 Å². The highest BCUT2D eigenvalue weighted by Crippen LogP contribution is 2.37. The molecule has 68 valence electrons. The Balaban J connectivity index is 2.83. The molecule has 0 radical (unpaired) electrons. The van der Waals surface area contributed by atoms with Gasteiger partial charge in [-0.3, -0.25) is 0 Å². The van der Waals surface area contributed by atoms with Crippen molar-refractivity contribution in [3.8, 4) is 0 Å². The van der Waals surface area contributed by atoms with E-state index in [-0.39, 0.29) is 0 Å². The molecule has 0 unspecified atom stereocenters. The molecule has 2 rings (SSSR count). The Hall–Kier alpha value is -0.380. The van der Waals surface area contributed by atoms with Gasteiger partial charge in [-0.25, -0.2) is 0 Å². The lowest BCUT2D eigenvalue weighted by atomic mass is 10.2. The summed E-state index contributed by atoms with van der Waals surface area (Å²) in [4.78, 5) is 2.04. The largest absolute Gasteiger partial charge is 0.398 e. The predicted molar refractivity (Wildman–Crippen MR) is 63.0 cm³/mol. The molecule has 0 atom stereocenters. The summed E-state index contributed by atoms with van der Waals surface area (Å²) in [5.41, 5.74) is 6.63. The smallest absolute Gasteiger partial charge is 0.0587 e. The second-order valence-corrected chi connectivity index (χ2v) is 4.55. The van der Waals surface area contributed by atoms with E-state index in [1.165, 1.54) is 0 Å². The molecule has 0 spiro atoms. The molecule has 1 heterocycles. The quantitative estimate of drug-likeness (QED) is 0.437. The third-order valence-corrected chi connectivity index (χ3v) is 4.25. The number of nitrogen functional groups attached to an aromatic ring is 1. The molecule has 0 fully saturated rings. The van der Waals surface area contributed by atoms with Crippen LogP contribution in [-0.4, -0.2) is 0 Å². The van der Waals surface area contributed by atoms with E-state index in [1.807, 2.05) is 18.2 Å². The lowest BCUT2D eigenvalue weighted by Crippen LogP contribution is -1.82. The van der Waals surface area contributed by atoms with Crippen LogP contribution in [0.3, 0.4) is 0 Å². The SMILES string of the molecule is Nc1cccc2c(S)c(CCl)sc12. The second kappa shape index (κ2) is 3.40. The molecule has 0 bridgehead atoms. The highest BCUT2D eigenvalue weighted by molar-refractivity contribution is 7.80. The first-order valence-corrected chi connectivity index (χ1v) is 5.58. The van der Waals surface area contributed by atoms with E-state index in [2.05, 4.69) is 12.6 Å². The molecule has 4 heteroatoms. The average molecular weight is 230 g/mol. The van der Waals surface area contributed by atoms with Crippen LogP contribution in [0.15, 0.2) is 23.1 Å². The summed E-state index contributed by atoms with van der Waals surface area (Å²) in [6.45, 7) is 0. The maximum absolute atomic E-state index is 5.83. The number of alkyl halides is 1. The Labute approximate surface area is 90.9 Å². The van der Waals surface area contributed by atoms with Gasteiger partial charge in [0.05, 0.1) is 10.6 Å². The third kappa shape index (κ3) is 1.41.